The highest BCUT2D eigenvalue weighted by molar-refractivity contribution is 7.10. The third kappa shape index (κ3) is 5.97. The Kier molecular flexibility index (Phi) is 8.66. The summed E-state index contributed by atoms with van der Waals surface area (Å²) in [6, 6.07) is 8.25. The van der Waals surface area contributed by atoms with E-state index in [9.17, 15) is 14.7 Å². The molecule has 2 aromatic rings. The molecule has 35 heavy (non-hydrogen) atoms. The second kappa shape index (κ2) is 11.9. The van der Waals surface area contributed by atoms with Crippen LogP contribution in [0.5, 0.6) is 0 Å². The Morgan fingerprint density at radius 3 is 2.66 bits per heavy atom. The number of hydrogen-bond acceptors (Lipinski definition) is 9. The van der Waals surface area contributed by atoms with Gasteiger partial charge in [0.1, 0.15) is 23.0 Å². The van der Waals surface area contributed by atoms with Crippen LogP contribution in [0.25, 0.3) is 11.3 Å². The number of carbonyl (C=O) groups is 2. The number of anilines is 1. The van der Waals surface area contributed by atoms with Crippen LogP contribution in [0.4, 0.5) is 5.00 Å². The second-order valence-electron chi connectivity index (χ2n) is 9.23. The van der Waals surface area contributed by atoms with Crippen molar-refractivity contribution in [1.82, 2.24) is 30.4 Å². The van der Waals surface area contributed by atoms with Gasteiger partial charge in [0.2, 0.25) is 11.8 Å². The maximum absolute atomic E-state index is 13.8. The van der Waals surface area contributed by atoms with Gasteiger partial charge in [0, 0.05) is 23.6 Å². The summed E-state index contributed by atoms with van der Waals surface area (Å²) >= 11 is 1.18. The molecule has 0 bridgehead atoms. The Balaban J connectivity index is 1.49. The van der Waals surface area contributed by atoms with Gasteiger partial charge in [0.25, 0.3) is 0 Å². The van der Waals surface area contributed by atoms with E-state index >= 15 is 0 Å². The molecule has 5 N–H and O–H groups in total. The number of amides is 2. The molecule has 190 valence electrons. The van der Waals surface area contributed by atoms with E-state index in [2.05, 4.69) is 30.9 Å². The van der Waals surface area contributed by atoms with Crippen LogP contribution in [0.15, 0.2) is 30.3 Å². The van der Waals surface area contributed by atoms with Crippen LogP contribution in [0.2, 0.25) is 0 Å². The van der Waals surface area contributed by atoms with Crippen LogP contribution in [0.3, 0.4) is 0 Å². The number of carbonyl (C=O) groups excluding carboxylic acids is 2. The number of benzene rings is 1. The number of aliphatic hydroxyl groups excluding tert-OH is 1. The van der Waals surface area contributed by atoms with Gasteiger partial charge in [-0.2, -0.15) is 0 Å². The summed E-state index contributed by atoms with van der Waals surface area (Å²) in [5.41, 5.74) is 1.58. The van der Waals surface area contributed by atoms with Crippen LogP contribution in [-0.2, 0) is 9.59 Å². The third-order valence-corrected chi connectivity index (χ3v) is 7.66. The lowest BCUT2D eigenvalue weighted by Crippen LogP contribution is -2.59. The first-order valence-electron chi connectivity index (χ1n) is 12.3. The molecule has 0 aliphatic carbocycles. The molecular weight excluding hydrogens is 466 g/mol. The first kappa shape index (κ1) is 25.5. The number of hydrogen-bond donors (Lipinski definition) is 5. The summed E-state index contributed by atoms with van der Waals surface area (Å²) in [6.45, 7) is 3.97. The zero-order valence-electron chi connectivity index (χ0n) is 20.2. The van der Waals surface area contributed by atoms with E-state index < -0.39 is 24.4 Å². The molecule has 1 aromatic carbocycles. The number of nitrogens with one attached hydrogen (secondary N) is 4. The third-order valence-electron chi connectivity index (χ3n) is 7.01. The fourth-order valence-corrected chi connectivity index (χ4v) is 5.46. The quantitative estimate of drug-likeness (QED) is 0.322. The average Bonchev–Trinajstić information content (AvgIpc) is 3.57. The van der Waals surface area contributed by atoms with E-state index in [1.54, 1.807) is 18.9 Å². The lowest BCUT2D eigenvalue weighted by atomic mass is 9.88. The SMILES string of the molecule is CN[C@@H](C)C(=O)N[C@H](C(=O)N1CCC[C@H]1C(O)Nc1snnc1-c1ccccc1)C1CCNCC1. The van der Waals surface area contributed by atoms with E-state index in [0.717, 1.165) is 37.9 Å². The topological polar surface area (TPSA) is 132 Å². The molecule has 10 nitrogen and oxygen atoms in total. The van der Waals surface area contributed by atoms with Crippen LogP contribution in [-0.4, -0.2) is 82.4 Å². The zero-order chi connectivity index (χ0) is 24.8. The fourth-order valence-electron chi connectivity index (χ4n) is 4.84. The minimum absolute atomic E-state index is 0.0542. The monoisotopic (exact) mass is 501 g/mol. The van der Waals surface area contributed by atoms with Crippen molar-refractivity contribution >= 4 is 28.3 Å². The van der Waals surface area contributed by atoms with Gasteiger partial charge in [0.15, 0.2) is 0 Å². The lowest BCUT2D eigenvalue weighted by Gasteiger charge is -2.36. The Morgan fingerprint density at radius 2 is 1.94 bits per heavy atom. The highest BCUT2D eigenvalue weighted by Crippen LogP contribution is 2.31. The predicted octanol–water partition coefficient (Wildman–Crippen LogP) is 1.02. The van der Waals surface area contributed by atoms with Crippen molar-refractivity contribution in [2.45, 2.75) is 57.0 Å². The number of nitrogens with zero attached hydrogens (tertiary/aromatic N) is 3. The van der Waals surface area contributed by atoms with Gasteiger partial charge in [-0.05, 0) is 58.7 Å². The Morgan fingerprint density at radius 1 is 1.20 bits per heavy atom. The molecule has 4 atom stereocenters. The van der Waals surface area contributed by atoms with E-state index in [-0.39, 0.29) is 17.7 Å². The molecule has 2 aliphatic rings. The van der Waals surface area contributed by atoms with Crippen molar-refractivity contribution in [1.29, 1.82) is 0 Å². The van der Waals surface area contributed by atoms with Crippen molar-refractivity contribution in [3.05, 3.63) is 30.3 Å². The summed E-state index contributed by atoms with van der Waals surface area (Å²) < 4.78 is 4.06. The number of likely N-dealkylation sites (tertiary alicyclic amines) is 1. The summed E-state index contributed by atoms with van der Waals surface area (Å²) in [5, 5.41) is 28.5. The summed E-state index contributed by atoms with van der Waals surface area (Å²) in [7, 11) is 1.72. The van der Waals surface area contributed by atoms with E-state index in [1.807, 2.05) is 30.3 Å². The van der Waals surface area contributed by atoms with E-state index in [1.165, 1.54) is 11.5 Å². The van der Waals surface area contributed by atoms with Crippen molar-refractivity contribution in [3.63, 3.8) is 0 Å². The number of aliphatic hydroxyl groups is 1. The predicted molar refractivity (Wildman–Crippen MR) is 136 cm³/mol. The molecule has 4 rings (SSSR count). The molecular formula is C24H35N7O3S. The highest BCUT2D eigenvalue weighted by Gasteiger charge is 2.41. The largest absolute Gasteiger partial charge is 0.372 e. The van der Waals surface area contributed by atoms with Crippen LogP contribution < -0.4 is 21.3 Å². The van der Waals surface area contributed by atoms with Crippen LogP contribution in [0, 0.1) is 5.92 Å². The van der Waals surface area contributed by atoms with Gasteiger partial charge >= 0.3 is 0 Å². The van der Waals surface area contributed by atoms with Crippen molar-refractivity contribution < 1.29 is 14.7 Å². The average molecular weight is 502 g/mol. The Hall–Kier alpha value is -2.60. The standard InChI is InChI=1S/C24H35N7O3S/c1-15(25-2)21(32)27-20(17-10-12-26-13-11-17)24(34)31-14-6-9-18(31)22(33)28-23-19(29-30-35-23)16-7-4-3-5-8-16/h3-5,7-8,15,17-18,20,22,25-26,28,33H,6,9-14H2,1-2H3,(H,27,32)/t15-,18-,20-,22?/m0/s1. The minimum atomic E-state index is -0.980. The van der Waals surface area contributed by atoms with Crippen molar-refractivity contribution in [2.24, 2.45) is 5.92 Å². The molecule has 11 heteroatoms. The molecule has 2 saturated heterocycles. The van der Waals surface area contributed by atoms with Crippen molar-refractivity contribution in [2.75, 3.05) is 32.0 Å². The fraction of sp³-hybridized carbons (Fsp3) is 0.583. The summed E-state index contributed by atoms with van der Waals surface area (Å²) in [4.78, 5) is 28.3. The normalized spacial score (nSPS) is 21.3. The first-order chi connectivity index (χ1) is 17.0. The van der Waals surface area contributed by atoms with E-state index in [0.29, 0.717) is 23.7 Å². The van der Waals surface area contributed by atoms with Gasteiger partial charge in [-0.3, -0.25) is 9.59 Å². The number of likely N-dealkylation sites (N-methyl/N-ethyl adjacent to an activating group) is 1. The first-order valence-corrected chi connectivity index (χ1v) is 13.1. The van der Waals surface area contributed by atoms with E-state index in [4.69, 9.17) is 0 Å². The van der Waals surface area contributed by atoms with Gasteiger partial charge in [-0.25, -0.2) is 0 Å². The minimum Gasteiger partial charge on any atom is -0.372 e. The van der Waals surface area contributed by atoms with Crippen LogP contribution >= 0.6 is 11.5 Å². The highest BCUT2D eigenvalue weighted by atomic mass is 32.1. The Bertz CT molecular complexity index is 983. The van der Waals surface area contributed by atoms with Crippen molar-refractivity contribution in [3.8, 4) is 11.3 Å². The maximum atomic E-state index is 13.8. The molecule has 2 fully saturated rings. The number of rotatable bonds is 9. The second-order valence-corrected chi connectivity index (χ2v) is 9.99. The van der Waals surface area contributed by atoms with Gasteiger partial charge in [-0.15, -0.1) is 5.10 Å². The summed E-state index contributed by atoms with van der Waals surface area (Å²) in [6.07, 6.45) is 2.12. The zero-order valence-corrected chi connectivity index (χ0v) is 21.1. The molecule has 1 aromatic heterocycles. The molecule has 0 spiro atoms. The van der Waals surface area contributed by atoms with Gasteiger partial charge in [0.05, 0.1) is 12.1 Å². The molecule has 2 aliphatic heterocycles. The molecule has 2 amide bonds. The lowest BCUT2D eigenvalue weighted by molar-refractivity contribution is -0.140. The number of piperidine rings is 1. The van der Waals surface area contributed by atoms with Gasteiger partial charge in [-0.1, -0.05) is 34.8 Å². The summed E-state index contributed by atoms with van der Waals surface area (Å²) in [5.74, 6) is -0.261. The number of aromatic nitrogens is 2. The smallest absolute Gasteiger partial charge is 0.245 e. The molecule has 3 heterocycles. The maximum Gasteiger partial charge on any atom is 0.245 e. The van der Waals surface area contributed by atoms with Crippen LogP contribution in [0.1, 0.15) is 32.6 Å². The van der Waals surface area contributed by atoms with Gasteiger partial charge < -0.3 is 31.3 Å². The Labute approximate surface area is 210 Å². The molecule has 0 radical (unpaired) electrons. The molecule has 0 saturated carbocycles. The molecule has 1 unspecified atom stereocenters.